The first-order valence-electron chi connectivity index (χ1n) is 11.7. The number of nitrogens with zero attached hydrogens (tertiary/aromatic N) is 6. The van der Waals surface area contributed by atoms with Crippen LogP contribution in [-0.2, 0) is 18.0 Å². The van der Waals surface area contributed by atoms with E-state index >= 15 is 0 Å². The van der Waals surface area contributed by atoms with Gasteiger partial charge in [0.25, 0.3) is 0 Å². The fourth-order valence-corrected chi connectivity index (χ4v) is 4.45. The molecule has 0 unspecified atom stereocenters. The van der Waals surface area contributed by atoms with E-state index in [1.807, 2.05) is 0 Å². The van der Waals surface area contributed by atoms with E-state index in [2.05, 4.69) is 35.6 Å². The summed E-state index contributed by atoms with van der Waals surface area (Å²) < 4.78 is 53.7. The zero-order valence-corrected chi connectivity index (χ0v) is 21.5. The molecule has 15 heteroatoms. The number of nitrogens with one attached hydrogen (secondary N) is 2. The molecule has 1 saturated heterocycles. The molecule has 0 saturated carbocycles. The van der Waals surface area contributed by atoms with E-state index in [0.717, 1.165) is 6.07 Å². The molecule has 39 heavy (non-hydrogen) atoms. The molecule has 5 heterocycles. The highest BCUT2D eigenvalue weighted by Crippen LogP contribution is 2.37. The maximum Gasteiger partial charge on any atom is 0.433 e. The van der Waals surface area contributed by atoms with Gasteiger partial charge < -0.3 is 30.4 Å². The van der Waals surface area contributed by atoms with Crippen LogP contribution in [-0.4, -0.2) is 49.7 Å². The van der Waals surface area contributed by atoms with Crippen LogP contribution in [0.5, 0.6) is 5.75 Å². The van der Waals surface area contributed by atoms with Crippen molar-refractivity contribution in [2.75, 3.05) is 30.9 Å². The van der Waals surface area contributed by atoms with E-state index in [9.17, 15) is 13.2 Å². The van der Waals surface area contributed by atoms with Crippen molar-refractivity contribution >= 4 is 46.0 Å². The number of imidazole rings is 1. The predicted octanol–water partition coefficient (Wildman–Crippen LogP) is 4.45. The first kappa shape index (κ1) is 26.4. The predicted molar refractivity (Wildman–Crippen MR) is 139 cm³/mol. The molecule has 1 aliphatic heterocycles. The zero-order chi connectivity index (χ0) is 27.7. The molecule has 4 N–H and O–H groups in total. The number of aryl methyl sites for hydroxylation is 1. The molecule has 0 aromatic carbocycles. The average Bonchev–Trinajstić information content (AvgIpc) is 3.57. The summed E-state index contributed by atoms with van der Waals surface area (Å²) in [5.74, 6) is 0.758. The van der Waals surface area contributed by atoms with E-state index in [0.29, 0.717) is 42.4 Å². The molecule has 1 fully saturated rings. The number of pyridine rings is 2. The molecule has 0 spiro atoms. The first-order chi connectivity index (χ1) is 18.7. The van der Waals surface area contributed by atoms with Gasteiger partial charge in [0.05, 0.1) is 12.8 Å². The highest BCUT2D eigenvalue weighted by molar-refractivity contribution is 6.36. The van der Waals surface area contributed by atoms with E-state index in [4.69, 9.17) is 26.8 Å². The fourth-order valence-electron chi connectivity index (χ4n) is 4.15. The number of alkyl halides is 3. The number of anilines is 3. The Kier molecular flexibility index (Phi) is 7.14. The third-order valence-electron chi connectivity index (χ3n) is 6.08. The van der Waals surface area contributed by atoms with Gasteiger partial charge >= 0.3 is 6.18 Å². The Labute approximate surface area is 225 Å². The minimum Gasteiger partial charge on any atom is -0.450 e. The summed E-state index contributed by atoms with van der Waals surface area (Å²) in [7, 11) is 3.32. The largest absolute Gasteiger partial charge is 0.450 e. The quantitative estimate of drug-likeness (QED) is 0.277. The summed E-state index contributed by atoms with van der Waals surface area (Å²) in [6.07, 6.45) is 1.55. The highest BCUT2D eigenvalue weighted by atomic mass is 35.5. The van der Waals surface area contributed by atoms with Gasteiger partial charge in [-0.25, -0.2) is 19.9 Å². The summed E-state index contributed by atoms with van der Waals surface area (Å²) in [6, 6.07) is 2.50. The Morgan fingerprint density at radius 3 is 2.72 bits per heavy atom. The SMILES string of the molecule is CNc1nccnc1C(=CN)Oc1cnc2nc(Nc3cc([C@@H]4CCOC4)nc(C(F)(F)F)c3)n(C)c2c1Cl. The van der Waals surface area contributed by atoms with E-state index in [1.165, 1.54) is 24.8 Å². The molecule has 1 atom stereocenters. The average molecular weight is 562 g/mol. The van der Waals surface area contributed by atoms with Gasteiger partial charge in [-0.1, -0.05) is 11.6 Å². The topological polar surface area (TPSA) is 138 Å². The number of aromatic nitrogens is 6. The van der Waals surface area contributed by atoms with Crippen LogP contribution < -0.4 is 21.1 Å². The summed E-state index contributed by atoms with van der Waals surface area (Å²) in [5.41, 5.74) is 6.23. The summed E-state index contributed by atoms with van der Waals surface area (Å²) in [5, 5.41) is 6.02. The van der Waals surface area contributed by atoms with E-state index in [-0.39, 0.29) is 39.7 Å². The molecule has 204 valence electrons. The standard InChI is InChI=1S/C24H23ClF3N9O2/c1-30-21-19(31-4-5-32-21)15(9-29)39-16-10-33-22-20(18(16)25)37(2)23(36-22)34-13-7-14(12-3-6-38-11-12)35-17(8-13)24(26,27)28/h4-5,7-10,12H,3,6,11,29H2,1-2H3,(H,30,32)(H,33,34,35,36)/t12-/m1/s1. The molecule has 1 aliphatic rings. The first-order valence-corrected chi connectivity index (χ1v) is 12.1. The van der Waals surface area contributed by atoms with Crippen LogP contribution >= 0.6 is 11.6 Å². The Morgan fingerprint density at radius 1 is 1.23 bits per heavy atom. The van der Waals surface area contributed by atoms with Crippen molar-refractivity contribution in [3.63, 3.8) is 0 Å². The number of hydrogen-bond acceptors (Lipinski definition) is 10. The summed E-state index contributed by atoms with van der Waals surface area (Å²) in [4.78, 5) is 21.0. The smallest absolute Gasteiger partial charge is 0.433 e. The lowest BCUT2D eigenvalue weighted by Gasteiger charge is -2.15. The molecule has 4 aromatic heterocycles. The molecular formula is C24H23ClF3N9O2. The molecule has 0 amide bonds. The molecule has 4 aromatic rings. The fraction of sp³-hybridized carbons (Fsp3) is 0.292. The minimum absolute atomic E-state index is 0.159. The van der Waals surface area contributed by atoms with Crippen molar-refractivity contribution in [1.82, 2.24) is 29.5 Å². The van der Waals surface area contributed by atoms with Gasteiger partial charge in [0.15, 0.2) is 23.0 Å². The van der Waals surface area contributed by atoms with Crippen molar-refractivity contribution < 1.29 is 22.6 Å². The van der Waals surface area contributed by atoms with Crippen molar-refractivity contribution in [3.05, 3.63) is 59.0 Å². The third-order valence-corrected chi connectivity index (χ3v) is 6.45. The Morgan fingerprint density at radius 2 is 2.03 bits per heavy atom. The normalized spacial score (nSPS) is 16.1. The van der Waals surface area contributed by atoms with Crippen molar-refractivity contribution in [2.24, 2.45) is 12.8 Å². The lowest BCUT2D eigenvalue weighted by molar-refractivity contribution is -0.141. The van der Waals surface area contributed by atoms with Crippen LogP contribution in [0, 0.1) is 0 Å². The van der Waals surface area contributed by atoms with Crippen LogP contribution in [0.25, 0.3) is 16.9 Å². The number of rotatable bonds is 7. The maximum atomic E-state index is 13.6. The second-order valence-electron chi connectivity index (χ2n) is 8.59. The number of ether oxygens (including phenoxy) is 2. The van der Waals surface area contributed by atoms with Crippen molar-refractivity contribution in [3.8, 4) is 5.75 Å². The molecular weight excluding hydrogens is 539 g/mol. The van der Waals surface area contributed by atoms with Crippen molar-refractivity contribution in [1.29, 1.82) is 0 Å². The highest BCUT2D eigenvalue weighted by Gasteiger charge is 2.34. The van der Waals surface area contributed by atoms with E-state index in [1.54, 1.807) is 24.7 Å². The lowest BCUT2D eigenvalue weighted by Crippen LogP contribution is -2.13. The van der Waals surface area contributed by atoms with Gasteiger partial charge in [-0.2, -0.15) is 18.2 Å². The maximum absolute atomic E-state index is 13.6. The molecule has 5 rings (SSSR count). The van der Waals surface area contributed by atoms with Gasteiger partial charge in [0.2, 0.25) is 5.95 Å². The van der Waals surface area contributed by atoms with Crippen LogP contribution in [0.1, 0.15) is 29.4 Å². The Hall–Kier alpha value is -4.17. The zero-order valence-electron chi connectivity index (χ0n) is 20.8. The van der Waals surface area contributed by atoms with Crippen molar-refractivity contribution in [2.45, 2.75) is 18.5 Å². The second-order valence-corrected chi connectivity index (χ2v) is 8.97. The molecule has 0 aliphatic carbocycles. The van der Waals surface area contributed by atoms with Crippen LogP contribution in [0.3, 0.4) is 0 Å². The molecule has 0 bridgehead atoms. The number of fused-ring (bicyclic) bond motifs is 1. The molecule has 11 nitrogen and oxygen atoms in total. The second kappa shape index (κ2) is 10.5. The molecule has 0 radical (unpaired) electrons. The monoisotopic (exact) mass is 561 g/mol. The van der Waals surface area contributed by atoms with Crippen LogP contribution in [0.15, 0.2) is 36.9 Å². The lowest BCUT2D eigenvalue weighted by atomic mass is 10.0. The Balaban J connectivity index is 1.49. The number of halogens is 4. The minimum atomic E-state index is -4.63. The van der Waals surface area contributed by atoms with Crippen LogP contribution in [0.2, 0.25) is 5.02 Å². The summed E-state index contributed by atoms with van der Waals surface area (Å²) in [6.45, 7) is 0.783. The third kappa shape index (κ3) is 5.25. The van der Waals surface area contributed by atoms with E-state index < -0.39 is 11.9 Å². The van der Waals surface area contributed by atoms with Gasteiger partial charge in [-0.3, -0.25) is 0 Å². The number of nitrogens with two attached hydrogens (primary N) is 1. The van der Waals surface area contributed by atoms with Gasteiger partial charge in [-0.15, -0.1) is 0 Å². The van der Waals surface area contributed by atoms with Gasteiger partial charge in [0, 0.05) is 56.6 Å². The summed E-state index contributed by atoms with van der Waals surface area (Å²) >= 11 is 6.68. The van der Waals surface area contributed by atoms with Gasteiger partial charge in [-0.05, 0) is 18.6 Å². The van der Waals surface area contributed by atoms with Crippen LogP contribution in [0.4, 0.5) is 30.6 Å². The Bertz CT molecular complexity index is 1550. The van der Waals surface area contributed by atoms with Gasteiger partial charge in [0.1, 0.15) is 21.9 Å². The number of hydrogen-bond donors (Lipinski definition) is 3.